The number of piperidine rings is 1. The number of nitro benzene ring substituents is 1. The van der Waals surface area contributed by atoms with Crippen LogP contribution in [0, 0.1) is 16.0 Å². The first-order valence-electron chi connectivity index (χ1n) is 10.0. The maximum atomic E-state index is 13.2. The van der Waals surface area contributed by atoms with Crippen LogP contribution in [0.1, 0.15) is 28.8 Å². The predicted octanol–water partition coefficient (Wildman–Crippen LogP) is 3.19. The molecule has 1 saturated heterocycles. The van der Waals surface area contributed by atoms with Crippen LogP contribution in [0.25, 0.3) is 0 Å². The van der Waals surface area contributed by atoms with Crippen LogP contribution in [0.3, 0.4) is 0 Å². The van der Waals surface area contributed by atoms with Crippen LogP contribution in [-0.4, -0.2) is 43.5 Å². The summed E-state index contributed by atoms with van der Waals surface area (Å²) in [5, 5.41) is 11.3. The molecule has 0 spiro atoms. The van der Waals surface area contributed by atoms with E-state index in [1.807, 2.05) is 15.9 Å². The van der Waals surface area contributed by atoms with Crippen molar-refractivity contribution in [1.82, 2.24) is 0 Å². The van der Waals surface area contributed by atoms with E-state index in [1.165, 1.54) is 13.2 Å². The number of nitrogens with zero attached hydrogens (tertiary/aromatic N) is 3. The summed E-state index contributed by atoms with van der Waals surface area (Å²) in [6.45, 7) is 1.80. The van der Waals surface area contributed by atoms with Gasteiger partial charge in [-0.3, -0.25) is 14.9 Å². The molecule has 0 atom stereocenters. The molecular weight excluding hydrogens is 386 g/mol. The fourth-order valence-electron chi connectivity index (χ4n) is 4.35. The fraction of sp³-hybridized carbons (Fsp3) is 0.364. The van der Waals surface area contributed by atoms with Crippen LogP contribution in [0.15, 0.2) is 42.5 Å². The number of esters is 1. The third kappa shape index (κ3) is 3.60. The molecule has 8 nitrogen and oxygen atoms in total. The first-order chi connectivity index (χ1) is 14.5. The van der Waals surface area contributed by atoms with Gasteiger partial charge < -0.3 is 14.5 Å². The minimum absolute atomic E-state index is 0.0850. The SMILES string of the molecule is COC(=O)c1ccc2c(c1)CCN2C(=O)C1CCN(c2ccccc2[N+](=O)[O-])CC1. The summed E-state index contributed by atoms with van der Waals surface area (Å²) in [4.78, 5) is 39.6. The largest absolute Gasteiger partial charge is 0.465 e. The van der Waals surface area contributed by atoms with Crippen molar-refractivity contribution in [3.05, 3.63) is 63.7 Å². The predicted molar refractivity (Wildman–Crippen MR) is 112 cm³/mol. The number of benzene rings is 2. The van der Waals surface area contributed by atoms with Gasteiger partial charge in [0.25, 0.3) is 5.69 Å². The molecule has 0 bridgehead atoms. The van der Waals surface area contributed by atoms with Gasteiger partial charge in [-0.2, -0.15) is 0 Å². The highest BCUT2D eigenvalue weighted by Crippen LogP contribution is 2.34. The zero-order chi connectivity index (χ0) is 21.3. The number of amides is 1. The molecule has 2 heterocycles. The van der Waals surface area contributed by atoms with E-state index in [0.717, 1.165) is 11.3 Å². The first-order valence-corrected chi connectivity index (χ1v) is 10.0. The molecule has 0 unspecified atom stereocenters. The van der Waals surface area contributed by atoms with Crippen LogP contribution < -0.4 is 9.80 Å². The Labute approximate surface area is 174 Å². The molecule has 0 radical (unpaired) electrons. The molecule has 0 aromatic heterocycles. The minimum Gasteiger partial charge on any atom is -0.465 e. The lowest BCUT2D eigenvalue weighted by Gasteiger charge is -2.34. The quantitative estimate of drug-likeness (QED) is 0.437. The number of para-hydroxylation sites is 2. The lowest BCUT2D eigenvalue weighted by atomic mass is 9.94. The third-order valence-corrected chi connectivity index (χ3v) is 5.93. The van der Waals surface area contributed by atoms with Crippen LogP contribution >= 0.6 is 0 Å². The number of nitro groups is 1. The number of hydrogen-bond acceptors (Lipinski definition) is 6. The van der Waals surface area contributed by atoms with Crippen molar-refractivity contribution in [2.24, 2.45) is 5.92 Å². The molecule has 2 aliphatic heterocycles. The van der Waals surface area contributed by atoms with E-state index < -0.39 is 0 Å². The van der Waals surface area contributed by atoms with Crippen LogP contribution in [0.5, 0.6) is 0 Å². The molecule has 0 saturated carbocycles. The summed E-state index contributed by atoms with van der Waals surface area (Å²) in [5.74, 6) is -0.415. The number of ether oxygens (including phenoxy) is 1. The smallest absolute Gasteiger partial charge is 0.337 e. The number of rotatable bonds is 4. The standard InChI is InChI=1S/C22H23N3O5/c1-30-22(27)17-6-7-18-16(14-17)10-13-24(18)21(26)15-8-11-23(12-9-15)19-4-2-3-5-20(19)25(28)29/h2-7,14-15H,8-13H2,1H3. The Morgan fingerprint density at radius 1 is 1.07 bits per heavy atom. The van der Waals surface area contributed by atoms with Gasteiger partial charge in [0.2, 0.25) is 5.91 Å². The highest BCUT2D eigenvalue weighted by atomic mass is 16.6. The number of carbonyl (C=O) groups is 2. The van der Waals surface area contributed by atoms with E-state index >= 15 is 0 Å². The maximum Gasteiger partial charge on any atom is 0.337 e. The number of fused-ring (bicyclic) bond motifs is 1. The van der Waals surface area contributed by atoms with E-state index in [9.17, 15) is 19.7 Å². The van der Waals surface area contributed by atoms with Crippen LogP contribution in [0.2, 0.25) is 0 Å². The molecule has 30 heavy (non-hydrogen) atoms. The van der Waals surface area contributed by atoms with Gasteiger partial charge in [-0.05, 0) is 49.1 Å². The normalized spacial score (nSPS) is 16.3. The topological polar surface area (TPSA) is 93.0 Å². The summed E-state index contributed by atoms with van der Waals surface area (Å²) >= 11 is 0. The molecule has 8 heteroatoms. The summed E-state index contributed by atoms with van der Waals surface area (Å²) in [6.07, 6.45) is 2.01. The Morgan fingerprint density at radius 3 is 2.50 bits per heavy atom. The van der Waals surface area contributed by atoms with Crippen molar-refractivity contribution in [1.29, 1.82) is 0 Å². The molecule has 4 rings (SSSR count). The second kappa shape index (κ2) is 8.14. The monoisotopic (exact) mass is 409 g/mol. The fourth-order valence-corrected chi connectivity index (χ4v) is 4.35. The average Bonchev–Trinajstić information content (AvgIpc) is 3.21. The van der Waals surface area contributed by atoms with E-state index in [2.05, 4.69) is 0 Å². The van der Waals surface area contributed by atoms with Gasteiger partial charge in [0.1, 0.15) is 5.69 Å². The van der Waals surface area contributed by atoms with Crippen LogP contribution in [-0.2, 0) is 16.0 Å². The maximum absolute atomic E-state index is 13.2. The van der Waals surface area contributed by atoms with Gasteiger partial charge in [-0.1, -0.05) is 12.1 Å². The van der Waals surface area contributed by atoms with Crippen molar-refractivity contribution >= 4 is 28.9 Å². The van der Waals surface area contributed by atoms with Crippen molar-refractivity contribution in [3.63, 3.8) is 0 Å². The van der Waals surface area contributed by atoms with Crippen molar-refractivity contribution in [2.45, 2.75) is 19.3 Å². The number of carbonyl (C=O) groups excluding carboxylic acids is 2. The molecule has 0 N–H and O–H groups in total. The van der Waals surface area contributed by atoms with E-state index in [4.69, 9.17) is 4.74 Å². The highest BCUT2D eigenvalue weighted by Gasteiger charge is 2.34. The molecule has 2 aromatic carbocycles. The zero-order valence-electron chi connectivity index (χ0n) is 16.7. The Kier molecular flexibility index (Phi) is 5.39. The van der Waals surface area contributed by atoms with Crippen molar-refractivity contribution in [2.75, 3.05) is 36.5 Å². The molecular formula is C22H23N3O5. The number of hydrogen-bond donors (Lipinski definition) is 0. The summed E-state index contributed by atoms with van der Waals surface area (Å²) < 4.78 is 4.77. The van der Waals surface area contributed by atoms with E-state index in [0.29, 0.717) is 50.1 Å². The summed E-state index contributed by atoms with van der Waals surface area (Å²) in [5.41, 5.74) is 3.02. The van der Waals surface area contributed by atoms with Gasteiger partial charge in [0, 0.05) is 37.3 Å². The van der Waals surface area contributed by atoms with E-state index in [-0.39, 0.29) is 28.4 Å². The van der Waals surface area contributed by atoms with Gasteiger partial charge in [-0.15, -0.1) is 0 Å². The Balaban J connectivity index is 1.44. The highest BCUT2D eigenvalue weighted by molar-refractivity contribution is 5.98. The molecule has 0 aliphatic carbocycles. The Bertz CT molecular complexity index is 998. The van der Waals surface area contributed by atoms with Crippen molar-refractivity contribution < 1.29 is 19.2 Å². The summed E-state index contributed by atoms with van der Waals surface area (Å²) in [6, 6.07) is 12.0. The Morgan fingerprint density at radius 2 is 1.80 bits per heavy atom. The van der Waals surface area contributed by atoms with Gasteiger partial charge >= 0.3 is 5.97 Å². The third-order valence-electron chi connectivity index (χ3n) is 5.93. The molecule has 1 amide bonds. The second-order valence-corrected chi connectivity index (χ2v) is 7.58. The second-order valence-electron chi connectivity index (χ2n) is 7.58. The molecule has 156 valence electrons. The average molecular weight is 409 g/mol. The van der Waals surface area contributed by atoms with Gasteiger partial charge in [0.15, 0.2) is 0 Å². The number of methoxy groups -OCH3 is 1. The van der Waals surface area contributed by atoms with Gasteiger partial charge in [-0.25, -0.2) is 4.79 Å². The minimum atomic E-state index is -0.384. The molecule has 2 aliphatic rings. The summed E-state index contributed by atoms with van der Waals surface area (Å²) in [7, 11) is 1.35. The lowest BCUT2D eigenvalue weighted by molar-refractivity contribution is -0.384. The van der Waals surface area contributed by atoms with Crippen LogP contribution in [0.4, 0.5) is 17.1 Å². The molecule has 2 aromatic rings. The van der Waals surface area contributed by atoms with Gasteiger partial charge in [0.05, 0.1) is 17.6 Å². The zero-order valence-corrected chi connectivity index (χ0v) is 16.7. The Hall–Kier alpha value is -3.42. The number of anilines is 2. The first kappa shape index (κ1) is 19.9. The lowest BCUT2D eigenvalue weighted by Crippen LogP contribution is -2.42. The van der Waals surface area contributed by atoms with Crippen molar-refractivity contribution in [3.8, 4) is 0 Å². The molecule has 1 fully saturated rings. The van der Waals surface area contributed by atoms with E-state index in [1.54, 1.807) is 30.3 Å².